The molecule has 2 aromatic carbocycles. The number of benzene rings is 2. The summed E-state index contributed by atoms with van der Waals surface area (Å²) in [4.78, 5) is 15.7. The number of nitrogens with zero attached hydrogens (tertiary/aromatic N) is 3. The summed E-state index contributed by atoms with van der Waals surface area (Å²) >= 11 is 6.13. The molecule has 0 spiro atoms. The Kier molecular flexibility index (Phi) is 4.36. The first-order valence-electron chi connectivity index (χ1n) is 10.7. The van der Waals surface area contributed by atoms with Crippen molar-refractivity contribution in [2.45, 2.75) is 38.3 Å². The smallest absolute Gasteiger partial charge is 0.131 e. The van der Waals surface area contributed by atoms with Crippen molar-refractivity contribution in [3.05, 3.63) is 82.4 Å². The molecule has 2 aromatic heterocycles. The van der Waals surface area contributed by atoms with Crippen LogP contribution in [-0.4, -0.2) is 26.4 Å². The molecule has 1 saturated carbocycles. The number of hydrogen-bond acceptors (Lipinski definition) is 3. The highest BCUT2D eigenvalue weighted by molar-refractivity contribution is 6.30. The minimum atomic E-state index is 0.612. The number of aromatic amines is 1. The number of fused-ring (bicyclic) bond motifs is 2. The van der Waals surface area contributed by atoms with Crippen LogP contribution < -0.4 is 0 Å². The van der Waals surface area contributed by atoms with E-state index in [0.29, 0.717) is 5.92 Å². The van der Waals surface area contributed by atoms with E-state index in [0.717, 1.165) is 36.9 Å². The largest absolute Gasteiger partial charge is 0.354 e. The van der Waals surface area contributed by atoms with Gasteiger partial charge < -0.3 is 4.98 Å². The molecular weight excluding hydrogens is 392 g/mol. The first-order valence-corrected chi connectivity index (χ1v) is 11.0. The fraction of sp³-hybridized carbons (Fsp3) is 0.280. The highest BCUT2D eigenvalue weighted by Crippen LogP contribution is 2.38. The van der Waals surface area contributed by atoms with E-state index in [2.05, 4.69) is 57.5 Å². The molecule has 1 N–H and O–H groups in total. The van der Waals surface area contributed by atoms with Gasteiger partial charge in [0.25, 0.3) is 0 Å². The number of nitrogens with one attached hydrogen (secondary N) is 1. The molecule has 0 atom stereocenters. The fourth-order valence-electron chi connectivity index (χ4n) is 4.51. The van der Waals surface area contributed by atoms with E-state index in [1.165, 1.54) is 51.8 Å². The zero-order chi connectivity index (χ0) is 20.1. The third-order valence-electron chi connectivity index (χ3n) is 6.30. The molecule has 1 aliphatic carbocycles. The van der Waals surface area contributed by atoms with Crippen molar-refractivity contribution in [3.8, 4) is 11.3 Å². The molecule has 4 aromatic rings. The molecule has 2 aliphatic rings. The average Bonchev–Trinajstić information content (AvgIpc) is 3.57. The summed E-state index contributed by atoms with van der Waals surface area (Å²) in [5, 5.41) is 2.04. The minimum Gasteiger partial charge on any atom is -0.354 e. The zero-order valence-electron chi connectivity index (χ0n) is 16.7. The van der Waals surface area contributed by atoms with Crippen LogP contribution in [0.3, 0.4) is 0 Å². The molecule has 1 fully saturated rings. The Bertz CT molecular complexity index is 1220. The molecule has 0 amide bonds. The SMILES string of the molecule is Clc1ccc(-c2[nH]c3ccccc3c2CN2CCc3nc(C4CC4)ncc3C2)cc1. The lowest BCUT2D eigenvalue weighted by molar-refractivity contribution is 0.243. The molecule has 5 heteroatoms. The van der Waals surface area contributed by atoms with Gasteiger partial charge in [-0.1, -0.05) is 41.9 Å². The van der Waals surface area contributed by atoms with Gasteiger partial charge in [0.1, 0.15) is 5.82 Å². The van der Waals surface area contributed by atoms with E-state index in [4.69, 9.17) is 16.6 Å². The van der Waals surface area contributed by atoms with Crippen LogP contribution in [0.1, 0.15) is 41.4 Å². The number of rotatable bonds is 4. The quantitative estimate of drug-likeness (QED) is 0.465. The van der Waals surface area contributed by atoms with Crippen molar-refractivity contribution in [1.29, 1.82) is 0 Å². The van der Waals surface area contributed by atoms with E-state index < -0.39 is 0 Å². The second-order valence-corrected chi connectivity index (χ2v) is 8.90. The summed E-state index contributed by atoms with van der Waals surface area (Å²) in [6.45, 7) is 2.82. The summed E-state index contributed by atoms with van der Waals surface area (Å²) in [5.41, 5.74) is 7.39. The molecule has 0 radical (unpaired) electrons. The van der Waals surface area contributed by atoms with Crippen LogP contribution in [0.15, 0.2) is 54.7 Å². The van der Waals surface area contributed by atoms with Gasteiger partial charge in [0.05, 0.1) is 5.69 Å². The van der Waals surface area contributed by atoms with Crippen molar-refractivity contribution < 1.29 is 0 Å². The topological polar surface area (TPSA) is 44.8 Å². The lowest BCUT2D eigenvalue weighted by atomic mass is 10.0. The molecule has 6 rings (SSSR count). The standard InChI is InChI=1S/C25H23ClN4/c26-19-9-7-16(8-10-19)24-21(20-3-1-2-4-23(20)28-24)15-30-12-11-22-18(14-30)13-27-25(29-22)17-5-6-17/h1-4,7-10,13,17,28H,5-6,11-12,14-15H2. The Morgan fingerprint density at radius 1 is 1.07 bits per heavy atom. The van der Waals surface area contributed by atoms with Crippen LogP contribution in [0.2, 0.25) is 5.02 Å². The number of aromatic nitrogens is 3. The maximum absolute atomic E-state index is 6.13. The van der Waals surface area contributed by atoms with Gasteiger partial charge in [-0.05, 0) is 42.2 Å². The van der Waals surface area contributed by atoms with Gasteiger partial charge in [-0.2, -0.15) is 0 Å². The minimum absolute atomic E-state index is 0.612. The fourth-order valence-corrected chi connectivity index (χ4v) is 4.64. The monoisotopic (exact) mass is 414 g/mol. The Labute approximate surface area is 180 Å². The van der Waals surface area contributed by atoms with Crippen LogP contribution >= 0.6 is 11.6 Å². The van der Waals surface area contributed by atoms with E-state index in [9.17, 15) is 0 Å². The predicted molar refractivity (Wildman–Crippen MR) is 121 cm³/mol. The lowest BCUT2D eigenvalue weighted by Crippen LogP contribution is -2.31. The Morgan fingerprint density at radius 2 is 1.90 bits per heavy atom. The van der Waals surface area contributed by atoms with Gasteiger partial charge in [-0.25, -0.2) is 9.97 Å². The highest BCUT2D eigenvalue weighted by Gasteiger charge is 2.28. The molecule has 0 unspecified atom stereocenters. The third kappa shape index (κ3) is 3.30. The van der Waals surface area contributed by atoms with Gasteiger partial charge in [-0.15, -0.1) is 0 Å². The Morgan fingerprint density at radius 3 is 2.73 bits per heavy atom. The molecule has 0 saturated heterocycles. The van der Waals surface area contributed by atoms with Crippen molar-refractivity contribution in [3.63, 3.8) is 0 Å². The van der Waals surface area contributed by atoms with Crippen LogP contribution in [0.25, 0.3) is 22.2 Å². The van der Waals surface area contributed by atoms with Gasteiger partial charge >= 0.3 is 0 Å². The van der Waals surface area contributed by atoms with Crippen LogP contribution in [-0.2, 0) is 19.5 Å². The van der Waals surface area contributed by atoms with Gasteiger partial charge in [0, 0.05) is 65.4 Å². The molecule has 0 bridgehead atoms. The number of halogens is 1. The number of para-hydroxylation sites is 1. The second kappa shape index (κ2) is 7.22. The predicted octanol–water partition coefficient (Wildman–Crippen LogP) is 5.71. The molecule has 150 valence electrons. The normalized spacial score (nSPS) is 16.7. The lowest BCUT2D eigenvalue weighted by Gasteiger charge is -2.28. The van der Waals surface area contributed by atoms with Crippen molar-refractivity contribution in [2.75, 3.05) is 6.54 Å². The Balaban J connectivity index is 1.33. The number of hydrogen-bond donors (Lipinski definition) is 1. The summed E-state index contributed by atoms with van der Waals surface area (Å²) in [5.74, 6) is 1.67. The molecule has 30 heavy (non-hydrogen) atoms. The average molecular weight is 415 g/mol. The molecule has 1 aliphatic heterocycles. The van der Waals surface area contributed by atoms with Crippen LogP contribution in [0.5, 0.6) is 0 Å². The summed E-state index contributed by atoms with van der Waals surface area (Å²) in [6, 6.07) is 16.7. The van der Waals surface area contributed by atoms with Crippen LogP contribution in [0, 0.1) is 0 Å². The van der Waals surface area contributed by atoms with Gasteiger partial charge in [0.2, 0.25) is 0 Å². The van der Waals surface area contributed by atoms with E-state index in [1.54, 1.807) is 0 Å². The van der Waals surface area contributed by atoms with E-state index in [1.807, 2.05) is 12.1 Å². The van der Waals surface area contributed by atoms with Crippen molar-refractivity contribution in [2.24, 2.45) is 0 Å². The van der Waals surface area contributed by atoms with Crippen molar-refractivity contribution in [1.82, 2.24) is 19.9 Å². The van der Waals surface area contributed by atoms with Gasteiger partial charge in [-0.3, -0.25) is 4.90 Å². The van der Waals surface area contributed by atoms with E-state index in [-0.39, 0.29) is 0 Å². The summed E-state index contributed by atoms with van der Waals surface area (Å²) in [6.07, 6.45) is 5.56. The van der Waals surface area contributed by atoms with Gasteiger partial charge in [0.15, 0.2) is 0 Å². The molecule has 3 heterocycles. The summed E-state index contributed by atoms with van der Waals surface area (Å²) in [7, 11) is 0. The molecular formula is C25H23ClN4. The highest BCUT2D eigenvalue weighted by atomic mass is 35.5. The first kappa shape index (κ1) is 18.1. The maximum atomic E-state index is 6.13. The van der Waals surface area contributed by atoms with E-state index >= 15 is 0 Å². The molecule has 4 nitrogen and oxygen atoms in total. The van der Waals surface area contributed by atoms with Crippen molar-refractivity contribution >= 4 is 22.5 Å². The Hall–Kier alpha value is -2.69. The first-order chi connectivity index (χ1) is 14.7. The third-order valence-corrected chi connectivity index (χ3v) is 6.55. The second-order valence-electron chi connectivity index (χ2n) is 8.47. The number of H-pyrrole nitrogens is 1. The maximum Gasteiger partial charge on any atom is 0.131 e. The summed E-state index contributed by atoms with van der Waals surface area (Å²) < 4.78 is 0. The van der Waals surface area contributed by atoms with Crippen LogP contribution in [0.4, 0.5) is 0 Å². The zero-order valence-corrected chi connectivity index (χ0v) is 17.5.